The molecule has 120 valence electrons. The minimum absolute atomic E-state index is 0.00328. The normalized spacial score (nSPS) is 13.8. The number of carbonyl (C=O) groups excluding carboxylic acids is 2. The van der Waals surface area contributed by atoms with Crippen LogP contribution in [0.2, 0.25) is 0 Å². The Kier molecular flexibility index (Phi) is 5.55. The molecule has 0 radical (unpaired) electrons. The zero-order chi connectivity index (χ0) is 16.1. The third-order valence-corrected chi connectivity index (χ3v) is 3.80. The van der Waals surface area contributed by atoms with Crippen molar-refractivity contribution in [1.29, 1.82) is 0 Å². The molecule has 1 aromatic carbocycles. The van der Waals surface area contributed by atoms with Crippen molar-refractivity contribution >= 4 is 17.5 Å². The van der Waals surface area contributed by atoms with Gasteiger partial charge in [-0.2, -0.15) is 0 Å². The lowest BCUT2D eigenvalue weighted by Crippen LogP contribution is -2.39. The maximum absolute atomic E-state index is 12.0. The Balaban J connectivity index is 1.74. The number of benzene rings is 1. The van der Waals surface area contributed by atoms with Gasteiger partial charge in [0.2, 0.25) is 11.8 Å². The third kappa shape index (κ3) is 5.15. The highest BCUT2D eigenvalue weighted by Gasteiger charge is 2.20. The molecule has 1 saturated carbocycles. The Bertz CT molecular complexity index is 542. The first-order valence-electron chi connectivity index (χ1n) is 7.81. The molecule has 3 N–H and O–H groups in total. The lowest BCUT2D eigenvalue weighted by atomic mass is 10.1. The van der Waals surface area contributed by atoms with Gasteiger partial charge in [0.1, 0.15) is 0 Å². The van der Waals surface area contributed by atoms with Gasteiger partial charge in [-0.15, -0.1) is 0 Å². The summed E-state index contributed by atoms with van der Waals surface area (Å²) < 4.78 is 0. The van der Waals surface area contributed by atoms with Gasteiger partial charge in [-0.1, -0.05) is 17.7 Å². The summed E-state index contributed by atoms with van der Waals surface area (Å²) in [5.74, 6) is 0.391. The molecule has 0 saturated heterocycles. The number of carbonyl (C=O) groups is 2. The van der Waals surface area contributed by atoms with E-state index in [1.807, 2.05) is 32.9 Å². The van der Waals surface area contributed by atoms with Gasteiger partial charge in [0.15, 0.2) is 0 Å². The molecular weight excluding hydrogens is 278 g/mol. The molecule has 0 atom stereocenters. The van der Waals surface area contributed by atoms with E-state index >= 15 is 0 Å². The lowest BCUT2D eigenvalue weighted by molar-refractivity contribution is -0.123. The summed E-state index contributed by atoms with van der Waals surface area (Å²) >= 11 is 0. The van der Waals surface area contributed by atoms with Gasteiger partial charge in [-0.25, -0.2) is 0 Å². The number of anilines is 1. The fourth-order valence-corrected chi connectivity index (χ4v) is 2.51. The van der Waals surface area contributed by atoms with Crippen LogP contribution >= 0.6 is 0 Å². The van der Waals surface area contributed by atoms with Crippen molar-refractivity contribution < 1.29 is 9.59 Å². The fraction of sp³-hybridized carbons (Fsp3) is 0.529. The number of nitrogens with one attached hydrogen (secondary N) is 3. The molecular formula is C17H25N3O2. The molecule has 0 aromatic heterocycles. The predicted molar refractivity (Wildman–Crippen MR) is 87.9 cm³/mol. The van der Waals surface area contributed by atoms with Crippen LogP contribution in [0.1, 0.15) is 29.5 Å². The first-order chi connectivity index (χ1) is 10.5. The summed E-state index contributed by atoms with van der Waals surface area (Å²) in [6, 6.07) is 4.06. The van der Waals surface area contributed by atoms with Gasteiger partial charge in [-0.3, -0.25) is 9.59 Å². The molecule has 5 heteroatoms. The second-order valence-electron chi connectivity index (χ2n) is 6.17. The molecule has 1 aliphatic rings. The zero-order valence-electron chi connectivity index (χ0n) is 13.6. The Morgan fingerprint density at radius 3 is 2.27 bits per heavy atom. The zero-order valence-corrected chi connectivity index (χ0v) is 13.6. The number of hydrogen-bond acceptors (Lipinski definition) is 3. The predicted octanol–water partition coefficient (Wildman–Crippen LogP) is 1.67. The average Bonchev–Trinajstić information content (AvgIpc) is 3.24. The molecule has 0 spiro atoms. The van der Waals surface area contributed by atoms with Crippen LogP contribution in [0.4, 0.5) is 5.69 Å². The van der Waals surface area contributed by atoms with Crippen molar-refractivity contribution in [1.82, 2.24) is 10.6 Å². The van der Waals surface area contributed by atoms with E-state index in [2.05, 4.69) is 16.0 Å². The van der Waals surface area contributed by atoms with Crippen LogP contribution in [0.5, 0.6) is 0 Å². The number of amides is 2. The van der Waals surface area contributed by atoms with E-state index < -0.39 is 0 Å². The summed E-state index contributed by atoms with van der Waals surface area (Å²) in [5, 5.41) is 8.61. The van der Waals surface area contributed by atoms with Gasteiger partial charge in [0.05, 0.1) is 13.1 Å². The van der Waals surface area contributed by atoms with Gasteiger partial charge >= 0.3 is 0 Å². The highest BCUT2D eigenvalue weighted by Crippen LogP contribution is 2.27. The number of aryl methyl sites for hydroxylation is 3. The molecule has 0 heterocycles. The van der Waals surface area contributed by atoms with E-state index in [9.17, 15) is 9.59 Å². The van der Waals surface area contributed by atoms with Gasteiger partial charge in [-0.05, 0) is 57.2 Å². The topological polar surface area (TPSA) is 70.2 Å². The van der Waals surface area contributed by atoms with Crippen molar-refractivity contribution in [2.24, 2.45) is 5.92 Å². The molecule has 0 unspecified atom stereocenters. The van der Waals surface area contributed by atoms with E-state index in [1.165, 1.54) is 18.4 Å². The monoisotopic (exact) mass is 303 g/mol. The largest absolute Gasteiger partial charge is 0.346 e. The highest BCUT2D eigenvalue weighted by atomic mass is 16.2. The van der Waals surface area contributed by atoms with E-state index in [4.69, 9.17) is 0 Å². The maximum atomic E-state index is 12.0. The maximum Gasteiger partial charge on any atom is 0.243 e. The summed E-state index contributed by atoms with van der Waals surface area (Å²) in [4.78, 5) is 23.6. The molecule has 22 heavy (non-hydrogen) atoms. The minimum atomic E-state index is -0.203. The molecule has 5 nitrogen and oxygen atoms in total. The number of hydrogen-bond donors (Lipinski definition) is 3. The van der Waals surface area contributed by atoms with E-state index in [-0.39, 0.29) is 24.9 Å². The van der Waals surface area contributed by atoms with E-state index in [0.717, 1.165) is 29.3 Å². The van der Waals surface area contributed by atoms with Crippen LogP contribution in [0.3, 0.4) is 0 Å². The summed E-state index contributed by atoms with van der Waals surface area (Å²) in [7, 11) is 0. The standard InChI is InChI=1S/C17H25N3O2/c1-11-6-12(2)17(13(3)7-11)20-16(22)10-19-15(21)9-18-8-14-4-5-14/h6-7,14,18H,4-5,8-10H2,1-3H3,(H,19,21)(H,20,22). The summed E-state index contributed by atoms with van der Waals surface area (Å²) in [6.07, 6.45) is 2.51. The molecule has 1 aromatic rings. The highest BCUT2D eigenvalue weighted by molar-refractivity contribution is 5.96. The molecule has 2 amide bonds. The minimum Gasteiger partial charge on any atom is -0.346 e. The van der Waals surface area contributed by atoms with Crippen LogP contribution in [-0.2, 0) is 9.59 Å². The lowest BCUT2D eigenvalue weighted by Gasteiger charge is -2.13. The molecule has 0 bridgehead atoms. The van der Waals surface area contributed by atoms with E-state index in [1.54, 1.807) is 0 Å². The SMILES string of the molecule is Cc1cc(C)c(NC(=O)CNC(=O)CNCC2CC2)c(C)c1. The van der Waals surface area contributed by atoms with E-state index in [0.29, 0.717) is 0 Å². The van der Waals surface area contributed by atoms with Crippen LogP contribution in [0, 0.1) is 26.7 Å². The second kappa shape index (κ2) is 7.40. The Morgan fingerprint density at radius 1 is 1.05 bits per heavy atom. The van der Waals surface area contributed by atoms with Crippen LogP contribution in [0.15, 0.2) is 12.1 Å². The third-order valence-electron chi connectivity index (χ3n) is 3.80. The van der Waals surface area contributed by atoms with Crippen molar-refractivity contribution in [3.05, 3.63) is 28.8 Å². The van der Waals surface area contributed by atoms with Crippen molar-refractivity contribution in [3.8, 4) is 0 Å². The second-order valence-corrected chi connectivity index (χ2v) is 6.17. The fourth-order valence-electron chi connectivity index (χ4n) is 2.51. The van der Waals surface area contributed by atoms with Crippen LogP contribution in [-0.4, -0.2) is 31.4 Å². The molecule has 1 aliphatic carbocycles. The van der Waals surface area contributed by atoms with Gasteiger partial charge in [0.25, 0.3) is 0 Å². The van der Waals surface area contributed by atoms with Crippen LogP contribution in [0.25, 0.3) is 0 Å². The number of rotatable bonds is 7. The Labute approximate surface area is 131 Å². The Morgan fingerprint density at radius 2 is 1.68 bits per heavy atom. The van der Waals surface area contributed by atoms with Crippen molar-refractivity contribution in [3.63, 3.8) is 0 Å². The van der Waals surface area contributed by atoms with Crippen molar-refractivity contribution in [2.75, 3.05) is 25.0 Å². The average molecular weight is 303 g/mol. The first kappa shape index (κ1) is 16.5. The van der Waals surface area contributed by atoms with Crippen LogP contribution < -0.4 is 16.0 Å². The smallest absolute Gasteiger partial charge is 0.243 e. The Hall–Kier alpha value is -1.88. The van der Waals surface area contributed by atoms with Crippen molar-refractivity contribution in [2.45, 2.75) is 33.6 Å². The summed E-state index contributed by atoms with van der Waals surface area (Å²) in [6.45, 7) is 7.12. The van der Waals surface area contributed by atoms with Gasteiger partial charge < -0.3 is 16.0 Å². The quantitative estimate of drug-likeness (QED) is 0.717. The molecule has 0 aliphatic heterocycles. The molecule has 2 rings (SSSR count). The van der Waals surface area contributed by atoms with Gasteiger partial charge in [0, 0.05) is 5.69 Å². The summed E-state index contributed by atoms with van der Waals surface area (Å²) in [5.41, 5.74) is 4.06. The first-order valence-corrected chi connectivity index (χ1v) is 7.81. The molecule has 1 fully saturated rings.